The van der Waals surface area contributed by atoms with Crippen LogP contribution in [0.25, 0.3) is 11.3 Å². The van der Waals surface area contributed by atoms with Crippen molar-refractivity contribution in [3.05, 3.63) is 78.4 Å². The molecule has 2 N–H and O–H groups in total. The van der Waals surface area contributed by atoms with Crippen LogP contribution in [0.5, 0.6) is 0 Å². The lowest BCUT2D eigenvalue weighted by molar-refractivity contribution is 0.302. The van der Waals surface area contributed by atoms with Gasteiger partial charge in [0, 0.05) is 48.6 Å². The molecule has 0 fully saturated rings. The second-order valence-electron chi connectivity index (χ2n) is 8.06. The van der Waals surface area contributed by atoms with Crippen LogP contribution >= 0.6 is 0 Å². The predicted octanol–water partition coefficient (Wildman–Crippen LogP) is 3.99. The van der Waals surface area contributed by atoms with Crippen molar-refractivity contribution in [1.82, 2.24) is 19.9 Å². The van der Waals surface area contributed by atoms with Crippen molar-refractivity contribution in [2.45, 2.75) is 13.0 Å². The summed E-state index contributed by atoms with van der Waals surface area (Å²) in [6, 6.07) is 17.9. The summed E-state index contributed by atoms with van der Waals surface area (Å²) < 4.78 is 5.37. The van der Waals surface area contributed by atoms with Gasteiger partial charge in [-0.1, -0.05) is 18.2 Å². The van der Waals surface area contributed by atoms with Crippen LogP contribution in [0.1, 0.15) is 11.3 Å². The topological polar surface area (TPSA) is 90.6 Å². The number of oxazole rings is 1. The standard InChI is InChI=1S/C25H26N6O2/c1-30-12-11-22-21(16-30)24(31(13-14-32)20-5-3-2-4-6-20)29-25(28-22)27-19-9-7-18(8-10-19)23-15-26-17-33-23/h2-10,15,17,32H,11-14,16H2,1H3,(H,27,28,29). The molecule has 0 aliphatic carbocycles. The first kappa shape index (κ1) is 21.1. The monoisotopic (exact) mass is 442 g/mol. The first-order valence-corrected chi connectivity index (χ1v) is 11.0. The zero-order valence-corrected chi connectivity index (χ0v) is 18.5. The zero-order chi connectivity index (χ0) is 22.6. The van der Waals surface area contributed by atoms with E-state index in [4.69, 9.17) is 14.4 Å². The Kier molecular flexibility index (Phi) is 6.01. The first-order valence-electron chi connectivity index (χ1n) is 11.0. The highest BCUT2D eigenvalue weighted by Crippen LogP contribution is 2.33. The number of rotatable bonds is 7. The molecule has 0 spiro atoms. The van der Waals surface area contributed by atoms with Gasteiger partial charge in [-0.25, -0.2) is 9.97 Å². The van der Waals surface area contributed by atoms with Gasteiger partial charge in [0.15, 0.2) is 12.2 Å². The second kappa shape index (κ2) is 9.40. The number of aliphatic hydroxyl groups excluding tert-OH is 1. The lowest BCUT2D eigenvalue weighted by Crippen LogP contribution is -2.32. The Morgan fingerprint density at radius 1 is 1.09 bits per heavy atom. The van der Waals surface area contributed by atoms with Crippen molar-refractivity contribution >= 4 is 23.1 Å². The maximum Gasteiger partial charge on any atom is 0.229 e. The van der Waals surface area contributed by atoms with Gasteiger partial charge in [-0.2, -0.15) is 4.98 Å². The molecule has 8 heteroatoms. The van der Waals surface area contributed by atoms with Crippen molar-refractivity contribution in [3.63, 3.8) is 0 Å². The molecule has 168 valence electrons. The number of likely N-dealkylation sites (N-methyl/N-ethyl adjacent to an activating group) is 1. The van der Waals surface area contributed by atoms with E-state index in [0.717, 1.165) is 59.3 Å². The van der Waals surface area contributed by atoms with Crippen LogP contribution < -0.4 is 10.2 Å². The Morgan fingerprint density at radius 2 is 1.91 bits per heavy atom. The van der Waals surface area contributed by atoms with Gasteiger partial charge >= 0.3 is 0 Å². The minimum Gasteiger partial charge on any atom is -0.444 e. The summed E-state index contributed by atoms with van der Waals surface area (Å²) >= 11 is 0. The van der Waals surface area contributed by atoms with Crippen LogP contribution in [0, 0.1) is 0 Å². The van der Waals surface area contributed by atoms with Crippen LogP contribution in [0.2, 0.25) is 0 Å². The number of benzene rings is 2. The van der Waals surface area contributed by atoms with Crippen LogP contribution in [0.4, 0.5) is 23.1 Å². The van der Waals surface area contributed by atoms with Gasteiger partial charge < -0.3 is 24.6 Å². The fourth-order valence-electron chi connectivity index (χ4n) is 4.08. The van der Waals surface area contributed by atoms with Crippen molar-refractivity contribution in [2.24, 2.45) is 0 Å². The molecule has 3 heterocycles. The molecule has 0 saturated heterocycles. The molecule has 5 rings (SSSR count). The third-order valence-corrected chi connectivity index (χ3v) is 5.73. The number of anilines is 4. The van der Waals surface area contributed by atoms with Gasteiger partial charge in [-0.3, -0.25) is 0 Å². The maximum atomic E-state index is 9.80. The third kappa shape index (κ3) is 4.57. The fourth-order valence-corrected chi connectivity index (χ4v) is 4.08. The Labute approximate surface area is 192 Å². The minimum atomic E-state index is 0.0232. The lowest BCUT2D eigenvalue weighted by Gasteiger charge is -2.31. The molecule has 0 amide bonds. The Hall–Kier alpha value is -3.75. The Morgan fingerprint density at radius 3 is 2.64 bits per heavy atom. The highest BCUT2D eigenvalue weighted by molar-refractivity contribution is 5.67. The molecule has 33 heavy (non-hydrogen) atoms. The van der Waals surface area contributed by atoms with E-state index in [-0.39, 0.29) is 6.61 Å². The third-order valence-electron chi connectivity index (χ3n) is 5.73. The van der Waals surface area contributed by atoms with E-state index in [0.29, 0.717) is 12.5 Å². The molecule has 1 aliphatic rings. The molecule has 2 aromatic carbocycles. The highest BCUT2D eigenvalue weighted by atomic mass is 16.3. The first-order chi connectivity index (χ1) is 16.2. The molecule has 8 nitrogen and oxygen atoms in total. The summed E-state index contributed by atoms with van der Waals surface area (Å²) in [5, 5.41) is 13.2. The van der Waals surface area contributed by atoms with Crippen LogP contribution in [0.15, 0.2) is 71.6 Å². The van der Waals surface area contributed by atoms with Gasteiger partial charge in [0.1, 0.15) is 5.82 Å². The van der Waals surface area contributed by atoms with E-state index in [9.17, 15) is 5.11 Å². The minimum absolute atomic E-state index is 0.0232. The largest absolute Gasteiger partial charge is 0.444 e. The number of nitrogens with zero attached hydrogens (tertiary/aromatic N) is 5. The fraction of sp³-hybridized carbons (Fsp3) is 0.240. The molecule has 4 aromatic rings. The van der Waals surface area contributed by atoms with Gasteiger partial charge in [0.2, 0.25) is 5.95 Å². The average Bonchev–Trinajstić information content (AvgIpc) is 3.39. The molecule has 0 atom stereocenters. The summed E-state index contributed by atoms with van der Waals surface area (Å²) in [5.41, 5.74) is 4.96. The second-order valence-corrected chi connectivity index (χ2v) is 8.06. The average molecular weight is 443 g/mol. The molecule has 0 saturated carbocycles. The SMILES string of the molecule is CN1CCc2nc(Nc3ccc(-c4cnco4)cc3)nc(N(CCO)c3ccccc3)c2C1. The van der Waals surface area contributed by atoms with E-state index < -0.39 is 0 Å². The number of hydrogen-bond acceptors (Lipinski definition) is 8. The van der Waals surface area contributed by atoms with Gasteiger partial charge in [0.05, 0.1) is 18.5 Å². The molecular weight excluding hydrogens is 416 g/mol. The molecule has 1 aliphatic heterocycles. The van der Waals surface area contributed by atoms with Crippen molar-refractivity contribution in [1.29, 1.82) is 0 Å². The van der Waals surface area contributed by atoms with E-state index in [1.807, 2.05) is 54.6 Å². The van der Waals surface area contributed by atoms with Crippen molar-refractivity contribution < 1.29 is 9.52 Å². The number of fused-ring (bicyclic) bond motifs is 1. The molecule has 0 radical (unpaired) electrons. The number of hydrogen-bond donors (Lipinski definition) is 2. The van der Waals surface area contributed by atoms with Gasteiger partial charge in [0.25, 0.3) is 0 Å². The summed E-state index contributed by atoms with van der Waals surface area (Å²) in [6.45, 7) is 2.18. The van der Waals surface area contributed by atoms with Crippen LogP contribution in [-0.4, -0.2) is 51.7 Å². The molecule has 0 bridgehead atoms. The highest BCUT2D eigenvalue weighted by Gasteiger charge is 2.24. The molecule has 0 unspecified atom stereocenters. The summed E-state index contributed by atoms with van der Waals surface area (Å²) in [5.74, 6) is 2.09. The number of aliphatic hydroxyl groups is 1. The lowest BCUT2D eigenvalue weighted by atomic mass is 10.1. The normalized spacial score (nSPS) is 13.5. The number of para-hydroxylation sites is 1. The predicted molar refractivity (Wildman–Crippen MR) is 128 cm³/mol. The number of aromatic nitrogens is 3. The van der Waals surface area contributed by atoms with Crippen molar-refractivity contribution in [2.75, 3.05) is 37.0 Å². The van der Waals surface area contributed by atoms with Crippen LogP contribution in [-0.2, 0) is 13.0 Å². The van der Waals surface area contributed by atoms with E-state index in [1.54, 1.807) is 6.20 Å². The Balaban J connectivity index is 1.51. The summed E-state index contributed by atoms with van der Waals surface area (Å²) in [7, 11) is 2.11. The molecular formula is C25H26N6O2. The van der Waals surface area contributed by atoms with E-state index >= 15 is 0 Å². The smallest absolute Gasteiger partial charge is 0.229 e. The maximum absolute atomic E-state index is 9.80. The van der Waals surface area contributed by atoms with Crippen molar-refractivity contribution in [3.8, 4) is 11.3 Å². The van der Waals surface area contributed by atoms with E-state index in [1.165, 1.54) is 6.39 Å². The number of nitrogens with one attached hydrogen (secondary N) is 1. The zero-order valence-electron chi connectivity index (χ0n) is 18.5. The van der Waals surface area contributed by atoms with Gasteiger partial charge in [-0.15, -0.1) is 0 Å². The van der Waals surface area contributed by atoms with Crippen LogP contribution in [0.3, 0.4) is 0 Å². The quantitative estimate of drug-likeness (QED) is 0.444. The summed E-state index contributed by atoms with van der Waals surface area (Å²) in [6.07, 6.45) is 3.96. The Bertz CT molecular complexity index is 1200. The summed E-state index contributed by atoms with van der Waals surface area (Å²) in [4.78, 5) is 18.1. The molecule has 2 aromatic heterocycles. The van der Waals surface area contributed by atoms with Gasteiger partial charge in [-0.05, 0) is 43.4 Å². The van der Waals surface area contributed by atoms with E-state index in [2.05, 4.69) is 27.1 Å².